The van der Waals surface area contributed by atoms with Gasteiger partial charge in [-0.05, 0) is 0 Å². The van der Waals surface area contributed by atoms with Crippen molar-refractivity contribution >= 4 is 5.97 Å². The van der Waals surface area contributed by atoms with Crippen LogP contribution in [0.5, 0.6) is 0 Å². The van der Waals surface area contributed by atoms with Crippen LogP contribution in [0.4, 0.5) is 30.7 Å². The Hall–Kier alpha value is -1.80. The highest BCUT2D eigenvalue weighted by Crippen LogP contribution is 2.36. The molecule has 0 radical (unpaired) electrons. The summed E-state index contributed by atoms with van der Waals surface area (Å²) in [5.41, 5.74) is -5.06. The molecule has 0 fully saturated rings. The monoisotopic (exact) mass is 261 g/mol. The van der Waals surface area contributed by atoms with Crippen LogP contribution in [0.15, 0.2) is 0 Å². The highest BCUT2D eigenvalue weighted by atomic mass is 19.4. The van der Waals surface area contributed by atoms with Crippen LogP contribution in [0.1, 0.15) is 15.9 Å². The van der Waals surface area contributed by atoms with Crippen LogP contribution in [0, 0.1) is 23.3 Å². The number of halogens is 7. The third-order valence-corrected chi connectivity index (χ3v) is 1.75. The molecule has 1 aromatic carbocycles. The van der Waals surface area contributed by atoms with Crippen molar-refractivity contribution in [2.45, 2.75) is 6.18 Å². The fourth-order valence-electron chi connectivity index (χ4n) is 1.06. The molecule has 0 saturated heterocycles. The third-order valence-electron chi connectivity index (χ3n) is 1.75. The van der Waals surface area contributed by atoms with Gasteiger partial charge in [-0.25, -0.2) is 17.6 Å². The second kappa shape index (κ2) is 3.90. The second-order valence-electron chi connectivity index (χ2n) is 2.79. The highest BCUT2D eigenvalue weighted by molar-refractivity contribution is 5.86. The van der Waals surface area contributed by atoms with Gasteiger partial charge in [0.15, 0.2) is 23.3 Å². The Bertz CT molecular complexity index is 463. The molecule has 0 unspecified atom stereocenters. The van der Waals surface area contributed by atoms with E-state index >= 15 is 0 Å². The highest BCUT2D eigenvalue weighted by Gasteiger charge is 2.42. The number of alkyl halides is 3. The molecule has 2 nitrogen and oxygen atoms in total. The minimum Gasteiger partial charge on any atom is -0.545 e. The van der Waals surface area contributed by atoms with E-state index in [1.165, 1.54) is 0 Å². The summed E-state index contributed by atoms with van der Waals surface area (Å²) < 4.78 is 87.2. The number of carboxylic acid groups (broad SMARTS) is 1. The molecule has 1 aromatic rings. The van der Waals surface area contributed by atoms with Gasteiger partial charge < -0.3 is 9.90 Å². The molecule has 0 bridgehead atoms. The van der Waals surface area contributed by atoms with E-state index in [4.69, 9.17) is 0 Å². The molecule has 0 aromatic heterocycles. The zero-order valence-electron chi connectivity index (χ0n) is 7.46. The van der Waals surface area contributed by atoms with E-state index in [1.807, 2.05) is 0 Å². The first-order valence-electron chi connectivity index (χ1n) is 3.73. The van der Waals surface area contributed by atoms with E-state index < -0.39 is 46.5 Å². The van der Waals surface area contributed by atoms with Crippen molar-refractivity contribution in [3.05, 3.63) is 34.4 Å². The fraction of sp³-hybridized carbons (Fsp3) is 0.125. The number of carbonyl (C=O) groups is 1. The topological polar surface area (TPSA) is 40.1 Å². The summed E-state index contributed by atoms with van der Waals surface area (Å²) in [6, 6.07) is 0. The average Bonchev–Trinajstić information content (AvgIpc) is 2.12. The molecule has 94 valence electrons. The second-order valence-corrected chi connectivity index (χ2v) is 2.79. The lowest BCUT2D eigenvalue weighted by Crippen LogP contribution is -2.28. The molecule has 0 N–H and O–H groups in total. The van der Waals surface area contributed by atoms with E-state index in [9.17, 15) is 40.6 Å². The van der Waals surface area contributed by atoms with Crippen molar-refractivity contribution in [2.75, 3.05) is 0 Å². The van der Waals surface area contributed by atoms with Crippen LogP contribution in [0.25, 0.3) is 0 Å². The lowest BCUT2D eigenvalue weighted by molar-refractivity contribution is -0.255. The number of rotatable bonds is 1. The quantitative estimate of drug-likeness (QED) is 0.569. The van der Waals surface area contributed by atoms with Crippen molar-refractivity contribution < 1.29 is 40.6 Å². The Kier molecular flexibility index (Phi) is 3.04. The molecule has 0 aliphatic carbocycles. The van der Waals surface area contributed by atoms with Gasteiger partial charge in [0, 0.05) is 0 Å². The summed E-state index contributed by atoms with van der Waals surface area (Å²) >= 11 is 0. The van der Waals surface area contributed by atoms with E-state index in [2.05, 4.69) is 0 Å². The van der Waals surface area contributed by atoms with Gasteiger partial charge in [0.05, 0.1) is 11.5 Å². The molecule has 0 aliphatic rings. The van der Waals surface area contributed by atoms with E-state index in [1.54, 1.807) is 0 Å². The van der Waals surface area contributed by atoms with E-state index in [0.717, 1.165) is 0 Å². The number of hydrogen-bond donors (Lipinski definition) is 0. The summed E-state index contributed by atoms with van der Waals surface area (Å²) in [6.07, 6.45) is -5.71. The third kappa shape index (κ3) is 2.04. The minimum atomic E-state index is -5.71. The molecular weight excluding hydrogens is 261 g/mol. The van der Waals surface area contributed by atoms with Crippen LogP contribution in [0.3, 0.4) is 0 Å². The van der Waals surface area contributed by atoms with Gasteiger partial charge in [-0.3, -0.25) is 0 Å². The number of aromatic carboxylic acids is 1. The SMILES string of the molecule is O=C([O-])c1c(F)c(F)c(C(F)(F)F)c(F)c1F. The molecule has 0 saturated carbocycles. The van der Waals surface area contributed by atoms with Crippen molar-refractivity contribution in [1.29, 1.82) is 0 Å². The first-order chi connectivity index (χ1) is 7.59. The normalized spacial score (nSPS) is 11.7. The Balaban J connectivity index is 3.77. The lowest BCUT2D eigenvalue weighted by Gasteiger charge is -2.14. The molecule has 0 aliphatic heterocycles. The van der Waals surface area contributed by atoms with Gasteiger partial charge in [0.2, 0.25) is 0 Å². The van der Waals surface area contributed by atoms with Crippen LogP contribution < -0.4 is 5.11 Å². The maximum atomic E-state index is 12.8. The van der Waals surface area contributed by atoms with Gasteiger partial charge in [0.1, 0.15) is 5.56 Å². The largest absolute Gasteiger partial charge is 0.545 e. The van der Waals surface area contributed by atoms with Crippen LogP contribution in [-0.4, -0.2) is 5.97 Å². The molecule has 1 rings (SSSR count). The molecule has 0 amide bonds. The van der Waals surface area contributed by atoms with Crippen molar-refractivity contribution in [2.24, 2.45) is 0 Å². The molecule has 0 spiro atoms. The Labute approximate surface area is 88.3 Å². The minimum absolute atomic E-state index is 2.23. The van der Waals surface area contributed by atoms with Crippen LogP contribution >= 0.6 is 0 Å². The van der Waals surface area contributed by atoms with Crippen molar-refractivity contribution in [3.63, 3.8) is 0 Å². The summed E-state index contributed by atoms with van der Waals surface area (Å²) in [6.45, 7) is 0. The zero-order chi connectivity index (χ0) is 13.5. The Morgan fingerprint density at radius 2 is 1.24 bits per heavy atom. The molecule has 9 heteroatoms. The average molecular weight is 261 g/mol. The predicted molar refractivity (Wildman–Crippen MR) is 35.6 cm³/mol. The maximum Gasteiger partial charge on any atom is 0.422 e. The molecule has 17 heavy (non-hydrogen) atoms. The van der Waals surface area contributed by atoms with Crippen LogP contribution in [0.2, 0.25) is 0 Å². The first-order valence-corrected chi connectivity index (χ1v) is 3.73. The smallest absolute Gasteiger partial charge is 0.422 e. The van der Waals surface area contributed by atoms with Gasteiger partial charge in [0.25, 0.3) is 0 Å². The lowest BCUT2D eigenvalue weighted by atomic mass is 10.1. The van der Waals surface area contributed by atoms with Gasteiger partial charge in [-0.15, -0.1) is 0 Å². The summed E-state index contributed by atoms with van der Waals surface area (Å²) in [5.74, 6) is -13.7. The first kappa shape index (κ1) is 13.3. The van der Waals surface area contributed by atoms with Gasteiger partial charge >= 0.3 is 6.18 Å². The summed E-state index contributed by atoms with van der Waals surface area (Å²) in [4.78, 5) is 10.1. The number of carboxylic acids is 1. The zero-order valence-corrected chi connectivity index (χ0v) is 7.46. The molecule has 0 atom stereocenters. The molecular formula is C8F7O2-. The van der Waals surface area contributed by atoms with Gasteiger partial charge in [-0.1, -0.05) is 0 Å². The maximum absolute atomic E-state index is 12.8. The summed E-state index contributed by atoms with van der Waals surface area (Å²) in [5, 5.41) is 10.1. The van der Waals surface area contributed by atoms with Crippen molar-refractivity contribution in [3.8, 4) is 0 Å². The fourth-order valence-corrected chi connectivity index (χ4v) is 1.06. The summed E-state index contributed by atoms with van der Waals surface area (Å²) in [7, 11) is 0. The van der Waals surface area contributed by atoms with Crippen molar-refractivity contribution in [1.82, 2.24) is 0 Å². The van der Waals surface area contributed by atoms with E-state index in [0.29, 0.717) is 0 Å². The van der Waals surface area contributed by atoms with Gasteiger partial charge in [-0.2, -0.15) is 13.2 Å². The number of hydrogen-bond acceptors (Lipinski definition) is 2. The molecule has 0 heterocycles. The standard InChI is InChI=1S/C8HF7O2/c9-3-1(7(16)17)4(10)6(12)2(5(3)11)8(13,14)15/h(H,16,17)/p-1. The number of carbonyl (C=O) groups excluding carboxylic acids is 1. The Morgan fingerprint density at radius 3 is 1.47 bits per heavy atom. The predicted octanol–water partition coefficient (Wildman–Crippen LogP) is 1.63. The Morgan fingerprint density at radius 1 is 0.882 bits per heavy atom. The van der Waals surface area contributed by atoms with Crippen LogP contribution in [-0.2, 0) is 6.18 Å². The van der Waals surface area contributed by atoms with E-state index in [-0.39, 0.29) is 0 Å². The number of benzene rings is 1.